The van der Waals surface area contributed by atoms with Gasteiger partial charge in [-0.2, -0.15) is 15.2 Å². The summed E-state index contributed by atoms with van der Waals surface area (Å²) in [6.45, 7) is 2.93. The summed E-state index contributed by atoms with van der Waals surface area (Å²) in [4.78, 5) is 12.0. The summed E-state index contributed by atoms with van der Waals surface area (Å²) < 4.78 is 7.08. The van der Waals surface area contributed by atoms with Crippen LogP contribution in [0.3, 0.4) is 0 Å². The van der Waals surface area contributed by atoms with Gasteiger partial charge in [0.15, 0.2) is 17.7 Å². The second kappa shape index (κ2) is 4.20. The SMILES string of the molecule is CC1(C)[C@]2(O)[C@@H](CO)O[C@@H](n3cnc4c(N)nc(C#N)nc43)[C@]12O. The number of nitrogens with zero attached hydrogens (tertiary/aromatic N) is 5. The molecule has 10 nitrogen and oxygen atoms in total. The normalized spacial score (nSPS) is 36.5. The standard InChI is InChI=1S/C14H16N6O4/c1-12(2)13(22)6(4-21)24-11(14(12,13)23)20-5-17-8-9(16)18-7(3-15)19-10(8)20/h5-6,11,21-23H,4H2,1-2H3,(H2,16,18,19)/t6-,11-,13-,14+/m1/s1. The Kier molecular flexibility index (Phi) is 2.66. The van der Waals surface area contributed by atoms with E-state index in [0.717, 1.165) is 0 Å². The highest BCUT2D eigenvalue weighted by Crippen LogP contribution is 2.75. The summed E-state index contributed by atoms with van der Waals surface area (Å²) in [7, 11) is 0. The Hall–Kier alpha value is -2.32. The average Bonchev–Trinajstić information content (AvgIpc) is 2.92. The first-order valence-electron chi connectivity index (χ1n) is 7.35. The summed E-state index contributed by atoms with van der Waals surface area (Å²) in [5.74, 6) is -0.111. The first-order chi connectivity index (χ1) is 11.2. The Morgan fingerprint density at radius 2 is 2.08 bits per heavy atom. The molecule has 2 aliphatic rings. The van der Waals surface area contributed by atoms with Crippen LogP contribution in [-0.4, -0.2) is 58.8 Å². The van der Waals surface area contributed by atoms with Crippen molar-refractivity contribution in [1.29, 1.82) is 5.26 Å². The average molecular weight is 332 g/mol. The summed E-state index contributed by atoms with van der Waals surface area (Å²) in [6.07, 6.45) is -0.649. The lowest BCUT2D eigenvalue weighted by Gasteiger charge is -2.26. The molecule has 1 saturated carbocycles. The van der Waals surface area contributed by atoms with Gasteiger partial charge in [-0.05, 0) is 0 Å². The summed E-state index contributed by atoms with van der Waals surface area (Å²) in [5, 5.41) is 40.4. The zero-order valence-corrected chi connectivity index (χ0v) is 13.0. The first kappa shape index (κ1) is 15.2. The Balaban J connectivity index is 1.91. The molecule has 1 saturated heterocycles. The van der Waals surface area contributed by atoms with Crippen molar-refractivity contribution in [2.45, 2.75) is 37.4 Å². The number of nitrogen functional groups attached to an aromatic ring is 1. The van der Waals surface area contributed by atoms with Crippen molar-refractivity contribution in [2.75, 3.05) is 12.3 Å². The Labute approximate surface area is 136 Å². The number of aliphatic hydroxyl groups excluding tert-OH is 1. The van der Waals surface area contributed by atoms with Crippen LogP contribution in [0.15, 0.2) is 6.33 Å². The summed E-state index contributed by atoms with van der Waals surface area (Å²) in [5.41, 5.74) is 2.09. The van der Waals surface area contributed by atoms with E-state index in [1.165, 1.54) is 10.9 Å². The molecular weight excluding hydrogens is 316 g/mol. The van der Waals surface area contributed by atoms with Crippen molar-refractivity contribution in [1.82, 2.24) is 19.5 Å². The van der Waals surface area contributed by atoms with Crippen molar-refractivity contribution >= 4 is 17.0 Å². The zero-order chi connectivity index (χ0) is 17.5. The largest absolute Gasteiger partial charge is 0.394 e. The van der Waals surface area contributed by atoms with Crippen molar-refractivity contribution in [2.24, 2.45) is 5.41 Å². The van der Waals surface area contributed by atoms with E-state index < -0.39 is 35.6 Å². The molecule has 24 heavy (non-hydrogen) atoms. The number of fused-ring (bicyclic) bond motifs is 2. The van der Waals surface area contributed by atoms with E-state index in [9.17, 15) is 15.3 Å². The number of anilines is 1. The Morgan fingerprint density at radius 3 is 2.67 bits per heavy atom. The Bertz CT molecular complexity index is 905. The van der Waals surface area contributed by atoms with Crippen LogP contribution in [0.25, 0.3) is 11.2 Å². The zero-order valence-electron chi connectivity index (χ0n) is 13.0. The smallest absolute Gasteiger partial charge is 0.236 e. The predicted octanol–water partition coefficient (Wildman–Crippen LogP) is -1.33. The quantitative estimate of drug-likeness (QED) is 0.521. The van der Waals surface area contributed by atoms with Gasteiger partial charge in [-0.25, -0.2) is 4.98 Å². The van der Waals surface area contributed by atoms with Crippen LogP contribution in [0.4, 0.5) is 5.82 Å². The van der Waals surface area contributed by atoms with Crippen LogP contribution >= 0.6 is 0 Å². The molecule has 10 heteroatoms. The van der Waals surface area contributed by atoms with Crippen LogP contribution in [0.5, 0.6) is 0 Å². The van der Waals surface area contributed by atoms with Gasteiger partial charge in [0.2, 0.25) is 5.82 Å². The first-order valence-corrected chi connectivity index (χ1v) is 7.35. The molecule has 4 atom stereocenters. The van der Waals surface area contributed by atoms with Crippen molar-refractivity contribution < 1.29 is 20.1 Å². The van der Waals surface area contributed by atoms with E-state index >= 15 is 0 Å². The van der Waals surface area contributed by atoms with Crippen LogP contribution in [0.1, 0.15) is 25.9 Å². The molecule has 0 spiro atoms. The van der Waals surface area contributed by atoms with E-state index in [0.29, 0.717) is 0 Å². The van der Waals surface area contributed by atoms with Gasteiger partial charge in [-0.15, -0.1) is 0 Å². The van der Waals surface area contributed by atoms with Crippen molar-refractivity contribution in [3.05, 3.63) is 12.2 Å². The third-order valence-electron chi connectivity index (χ3n) is 5.51. The molecule has 4 rings (SSSR count). The third kappa shape index (κ3) is 1.34. The second-order valence-electron chi connectivity index (χ2n) is 6.69. The molecule has 3 heterocycles. The van der Waals surface area contributed by atoms with Gasteiger partial charge in [-0.3, -0.25) is 4.57 Å². The number of aromatic nitrogens is 4. The fourth-order valence-electron chi connectivity index (χ4n) is 4.00. The number of imidazole rings is 1. The lowest BCUT2D eigenvalue weighted by molar-refractivity contribution is -0.123. The molecular formula is C14H16N6O4. The van der Waals surface area contributed by atoms with Gasteiger partial charge in [0.1, 0.15) is 28.9 Å². The molecule has 0 aromatic carbocycles. The molecule has 5 N–H and O–H groups in total. The highest BCUT2D eigenvalue weighted by Gasteiger charge is 2.92. The van der Waals surface area contributed by atoms with Crippen molar-refractivity contribution in [3.8, 4) is 6.07 Å². The van der Waals surface area contributed by atoms with E-state index in [4.69, 9.17) is 15.7 Å². The van der Waals surface area contributed by atoms with E-state index in [2.05, 4.69) is 15.0 Å². The van der Waals surface area contributed by atoms with Gasteiger partial charge in [0, 0.05) is 5.41 Å². The fourth-order valence-corrected chi connectivity index (χ4v) is 4.00. The van der Waals surface area contributed by atoms with Crippen LogP contribution in [-0.2, 0) is 4.74 Å². The van der Waals surface area contributed by atoms with Gasteiger partial charge in [0.05, 0.1) is 12.9 Å². The summed E-state index contributed by atoms with van der Waals surface area (Å²) >= 11 is 0. The van der Waals surface area contributed by atoms with Crippen LogP contribution in [0, 0.1) is 16.7 Å². The molecule has 1 aliphatic heterocycles. The number of hydrogen-bond acceptors (Lipinski definition) is 9. The topological polar surface area (TPSA) is 163 Å². The number of rotatable bonds is 2. The number of hydrogen-bond donors (Lipinski definition) is 4. The second-order valence-corrected chi connectivity index (χ2v) is 6.69. The molecule has 126 valence electrons. The summed E-state index contributed by atoms with van der Waals surface area (Å²) in [6, 6.07) is 1.81. The minimum Gasteiger partial charge on any atom is -0.394 e. The maximum atomic E-state index is 11.1. The molecule has 2 aromatic heterocycles. The molecule has 2 fully saturated rings. The Morgan fingerprint density at radius 1 is 1.38 bits per heavy atom. The lowest BCUT2D eigenvalue weighted by atomic mass is 10.0. The number of ether oxygens (including phenoxy) is 1. The highest BCUT2D eigenvalue weighted by molar-refractivity contribution is 5.82. The molecule has 0 radical (unpaired) electrons. The lowest BCUT2D eigenvalue weighted by Crippen LogP contribution is -2.36. The van der Waals surface area contributed by atoms with Gasteiger partial charge in [-0.1, -0.05) is 13.8 Å². The maximum absolute atomic E-state index is 11.1. The van der Waals surface area contributed by atoms with E-state index in [-0.39, 0.29) is 22.8 Å². The minimum atomic E-state index is -1.65. The minimum absolute atomic E-state index is 0.0318. The molecule has 0 amide bonds. The molecule has 2 aromatic rings. The number of nitriles is 1. The molecule has 0 bridgehead atoms. The third-order valence-corrected chi connectivity index (χ3v) is 5.51. The fraction of sp³-hybridized carbons (Fsp3) is 0.571. The van der Waals surface area contributed by atoms with E-state index in [1.807, 2.05) is 0 Å². The monoisotopic (exact) mass is 332 g/mol. The van der Waals surface area contributed by atoms with Gasteiger partial charge in [0.25, 0.3) is 0 Å². The number of nitrogens with two attached hydrogens (primary N) is 1. The number of aliphatic hydroxyl groups is 3. The van der Waals surface area contributed by atoms with Crippen LogP contribution < -0.4 is 5.73 Å². The van der Waals surface area contributed by atoms with Crippen molar-refractivity contribution in [3.63, 3.8) is 0 Å². The maximum Gasteiger partial charge on any atom is 0.236 e. The van der Waals surface area contributed by atoms with Gasteiger partial charge >= 0.3 is 0 Å². The van der Waals surface area contributed by atoms with Gasteiger partial charge < -0.3 is 25.8 Å². The molecule has 0 unspecified atom stereocenters. The van der Waals surface area contributed by atoms with E-state index in [1.54, 1.807) is 19.9 Å². The molecule has 1 aliphatic carbocycles. The highest BCUT2D eigenvalue weighted by atomic mass is 16.6. The predicted molar refractivity (Wildman–Crippen MR) is 79.1 cm³/mol. The van der Waals surface area contributed by atoms with Crippen LogP contribution in [0.2, 0.25) is 0 Å².